The summed E-state index contributed by atoms with van der Waals surface area (Å²) in [5.41, 5.74) is 5.81. The molecule has 3 aromatic heterocycles. The summed E-state index contributed by atoms with van der Waals surface area (Å²) < 4.78 is 3.72. The molecular formula is C18H20N6O. The second-order valence-electron chi connectivity index (χ2n) is 7.15. The lowest BCUT2D eigenvalue weighted by Crippen LogP contribution is -2.42. The van der Waals surface area contributed by atoms with Gasteiger partial charge in [-0.15, -0.1) is 0 Å². The molecule has 1 saturated heterocycles. The van der Waals surface area contributed by atoms with E-state index in [1.165, 1.54) is 5.69 Å². The summed E-state index contributed by atoms with van der Waals surface area (Å²) in [6.07, 6.45) is 6.46. The molecule has 7 heteroatoms. The molecule has 2 atom stereocenters. The number of fused-ring (bicyclic) bond motifs is 6. The van der Waals surface area contributed by atoms with E-state index < -0.39 is 0 Å². The maximum atomic E-state index is 13.2. The second-order valence-corrected chi connectivity index (χ2v) is 7.15. The van der Waals surface area contributed by atoms with Crippen molar-refractivity contribution >= 4 is 11.6 Å². The third-order valence-electron chi connectivity index (χ3n) is 5.73. The van der Waals surface area contributed by atoms with Crippen LogP contribution in [0.2, 0.25) is 0 Å². The summed E-state index contributed by atoms with van der Waals surface area (Å²) in [4.78, 5) is 19.8. The van der Waals surface area contributed by atoms with Gasteiger partial charge in [0.25, 0.3) is 5.91 Å². The minimum atomic E-state index is 0.0838. The largest absolute Gasteiger partial charge is 0.328 e. The lowest BCUT2D eigenvalue weighted by Gasteiger charge is -2.36. The highest BCUT2D eigenvalue weighted by Crippen LogP contribution is 2.44. The number of carbonyl (C=O) groups is 1. The maximum Gasteiger partial charge on any atom is 0.258 e. The first-order valence-electron chi connectivity index (χ1n) is 8.70. The molecule has 7 nitrogen and oxygen atoms in total. The molecule has 0 radical (unpaired) electrons. The van der Waals surface area contributed by atoms with Crippen LogP contribution in [0.3, 0.4) is 0 Å². The van der Waals surface area contributed by atoms with E-state index >= 15 is 0 Å². The lowest BCUT2D eigenvalue weighted by atomic mass is 9.98. The summed E-state index contributed by atoms with van der Waals surface area (Å²) in [6.45, 7) is 3.93. The van der Waals surface area contributed by atoms with Gasteiger partial charge in [0.2, 0.25) is 0 Å². The molecule has 2 aliphatic heterocycles. The molecule has 2 unspecified atom stereocenters. The van der Waals surface area contributed by atoms with E-state index in [0.717, 1.165) is 41.9 Å². The van der Waals surface area contributed by atoms with Crippen LogP contribution in [-0.2, 0) is 13.5 Å². The van der Waals surface area contributed by atoms with Gasteiger partial charge < -0.3 is 4.90 Å². The van der Waals surface area contributed by atoms with Gasteiger partial charge in [0, 0.05) is 43.0 Å². The Hall–Kier alpha value is -2.70. The fraction of sp³-hybridized carbons (Fsp3) is 0.444. The standard InChI is InChI=1S/C18H20N6O/c1-10-6-17-19-8-14-15-5-4-12(7-16(14)24(17)21-10)23(15)18(25)13-9-20-22(3)11(13)2/h6,8-9,12,15H,4-5,7H2,1-3H3. The molecule has 0 spiro atoms. The molecule has 0 aromatic carbocycles. The van der Waals surface area contributed by atoms with Crippen LogP contribution in [0.25, 0.3) is 5.65 Å². The molecule has 0 saturated carbocycles. The highest BCUT2D eigenvalue weighted by Gasteiger charge is 2.44. The van der Waals surface area contributed by atoms with Crippen molar-refractivity contribution in [1.29, 1.82) is 0 Å². The molecule has 5 rings (SSSR count). The van der Waals surface area contributed by atoms with E-state index in [-0.39, 0.29) is 18.0 Å². The monoisotopic (exact) mass is 336 g/mol. The molecule has 128 valence electrons. The predicted octanol–water partition coefficient (Wildman–Crippen LogP) is 1.98. The first-order valence-corrected chi connectivity index (χ1v) is 8.70. The van der Waals surface area contributed by atoms with Crippen LogP contribution in [0.1, 0.15) is 51.9 Å². The van der Waals surface area contributed by atoms with E-state index in [2.05, 4.69) is 20.1 Å². The summed E-state index contributed by atoms with van der Waals surface area (Å²) in [5.74, 6) is 0.0838. The van der Waals surface area contributed by atoms with Crippen molar-refractivity contribution in [3.63, 3.8) is 0 Å². The molecule has 2 aliphatic rings. The van der Waals surface area contributed by atoms with Crippen molar-refractivity contribution in [2.45, 2.75) is 45.2 Å². The highest BCUT2D eigenvalue weighted by atomic mass is 16.2. The zero-order chi connectivity index (χ0) is 17.3. The van der Waals surface area contributed by atoms with E-state index in [1.807, 2.05) is 37.7 Å². The van der Waals surface area contributed by atoms with E-state index in [4.69, 9.17) is 0 Å². The van der Waals surface area contributed by atoms with Crippen LogP contribution < -0.4 is 0 Å². The molecule has 3 aromatic rings. The van der Waals surface area contributed by atoms with Crippen molar-refractivity contribution < 1.29 is 4.79 Å². The van der Waals surface area contributed by atoms with Crippen molar-refractivity contribution in [3.8, 4) is 0 Å². The van der Waals surface area contributed by atoms with Crippen molar-refractivity contribution in [1.82, 2.24) is 29.3 Å². The van der Waals surface area contributed by atoms with Gasteiger partial charge >= 0.3 is 0 Å². The van der Waals surface area contributed by atoms with Crippen LogP contribution in [0, 0.1) is 13.8 Å². The van der Waals surface area contributed by atoms with Gasteiger partial charge in [-0.2, -0.15) is 10.2 Å². The van der Waals surface area contributed by atoms with E-state index in [1.54, 1.807) is 10.9 Å². The quantitative estimate of drug-likeness (QED) is 0.681. The normalized spacial score (nSPS) is 21.8. The number of hydrogen-bond donors (Lipinski definition) is 0. The summed E-state index contributed by atoms with van der Waals surface area (Å²) in [7, 11) is 1.87. The molecule has 1 fully saturated rings. The Labute approximate surface area is 145 Å². The number of rotatable bonds is 1. The summed E-state index contributed by atoms with van der Waals surface area (Å²) in [6, 6.07) is 2.31. The molecule has 0 aliphatic carbocycles. The fourth-order valence-corrected chi connectivity index (χ4v) is 4.36. The third kappa shape index (κ3) is 1.92. The van der Waals surface area contributed by atoms with Crippen LogP contribution in [0.5, 0.6) is 0 Å². The number of aromatic nitrogens is 5. The molecule has 25 heavy (non-hydrogen) atoms. The van der Waals surface area contributed by atoms with Gasteiger partial charge in [0.1, 0.15) is 0 Å². The molecular weight excluding hydrogens is 316 g/mol. The van der Waals surface area contributed by atoms with Crippen LogP contribution in [-0.4, -0.2) is 41.2 Å². The average Bonchev–Trinajstić information content (AvgIpc) is 3.23. The molecule has 2 bridgehead atoms. The summed E-state index contributed by atoms with van der Waals surface area (Å²) in [5, 5.41) is 8.84. The highest BCUT2D eigenvalue weighted by molar-refractivity contribution is 5.96. The third-order valence-corrected chi connectivity index (χ3v) is 5.73. The zero-order valence-corrected chi connectivity index (χ0v) is 14.6. The van der Waals surface area contributed by atoms with Crippen LogP contribution in [0.15, 0.2) is 18.5 Å². The summed E-state index contributed by atoms with van der Waals surface area (Å²) >= 11 is 0. The van der Waals surface area contributed by atoms with E-state index in [9.17, 15) is 4.79 Å². The number of aryl methyl sites for hydroxylation is 2. The SMILES string of the molecule is Cc1cc2ncc3c(n2n1)CC1CCC3N1C(=O)c1cnn(C)c1C. The van der Waals surface area contributed by atoms with Gasteiger partial charge in [-0.1, -0.05) is 0 Å². The first-order chi connectivity index (χ1) is 12.0. The average molecular weight is 336 g/mol. The number of amides is 1. The maximum absolute atomic E-state index is 13.2. The van der Waals surface area contributed by atoms with Gasteiger partial charge in [-0.05, 0) is 26.7 Å². The smallest absolute Gasteiger partial charge is 0.258 e. The fourth-order valence-electron chi connectivity index (χ4n) is 4.36. The van der Waals surface area contributed by atoms with Crippen LogP contribution in [0.4, 0.5) is 0 Å². The molecule has 1 amide bonds. The lowest BCUT2D eigenvalue weighted by molar-refractivity contribution is 0.0642. The Morgan fingerprint density at radius 2 is 2.08 bits per heavy atom. The van der Waals surface area contributed by atoms with Gasteiger partial charge in [-0.25, -0.2) is 9.50 Å². The first kappa shape index (κ1) is 14.6. The Morgan fingerprint density at radius 1 is 1.24 bits per heavy atom. The second kappa shape index (κ2) is 4.91. The van der Waals surface area contributed by atoms with Crippen molar-refractivity contribution in [2.24, 2.45) is 7.05 Å². The Kier molecular flexibility index (Phi) is 2.87. The Bertz CT molecular complexity index is 1020. The van der Waals surface area contributed by atoms with Gasteiger partial charge in [0.05, 0.1) is 29.2 Å². The van der Waals surface area contributed by atoms with Gasteiger partial charge in [0.15, 0.2) is 5.65 Å². The van der Waals surface area contributed by atoms with Crippen LogP contribution >= 0.6 is 0 Å². The zero-order valence-electron chi connectivity index (χ0n) is 14.6. The van der Waals surface area contributed by atoms with Crippen molar-refractivity contribution in [2.75, 3.05) is 0 Å². The topological polar surface area (TPSA) is 68.3 Å². The van der Waals surface area contributed by atoms with E-state index in [0.29, 0.717) is 5.56 Å². The Morgan fingerprint density at radius 3 is 2.84 bits per heavy atom. The molecule has 5 heterocycles. The predicted molar refractivity (Wildman–Crippen MR) is 91.3 cm³/mol. The number of carbonyl (C=O) groups excluding carboxylic acids is 1. The molecule has 0 N–H and O–H groups in total. The van der Waals surface area contributed by atoms with Crippen molar-refractivity contribution in [3.05, 3.63) is 46.7 Å². The minimum absolute atomic E-state index is 0.0838. The van der Waals surface area contributed by atoms with Gasteiger partial charge in [-0.3, -0.25) is 9.48 Å². The Balaban J connectivity index is 1.61. The number of hydrogen-bond acceptors (Lipinski definition) is 4. The minimum Gasteiger partial charge on any atom is -0.328 e. The number of nitrogens with zero attached hydrogens (tertiary/aromatic N) is 6.